The highest BCUT2D eigenvalue weighted by Crippen LogP contribution is 2.22. The lowest BCUT2D eigenvalue weighted by molar-refractivity contribution is 0.0302. The van der Waals surface area contributed by atoms with Gasteiger partial charge >= 0.3 is 0 Å². The first-order valence-electron chi connectivity index (χ1n) is 8.87. The Labute approximate surface area is 160 Å². The second-order valence-corrected chi connectivity index (χ2v) is 8.67. The lowest BCUT2D eigenvalue weighted by Gasteiger charge is -2.27. The number of hydrogen-bond donors (Lipinski definition) is 0. The minimum Gasteiger partial charge on any atom is -0.378 e. The van der Waals surface area contributed by atoms with Crippen molar-refractivity contribution in [3.63, 3.8) is 0 Å². The summed E-state index contributed by atoms with van der Waals surface area (Å²) in [6, 6.07) is 14.1. The van der Waals surface area contributed by atoms with Gasteiger partial charge in [0.25, 0.3) is 5.91 Å². The number of morpholine rings is 1. The average Bonchev–Trinajstić information content (AvgIpc) is 2.69. The highest BCUT2D eigenvalue weighted by atomic mass is 32.2. The summed E-state index contributed by atoms with van der Waals surface area (Å²) < 4.78 is 32.5. The van der Waals surface area contributed by atoms with Gasteiger partial charge in [-0.15, -0.1) is 0 Å². The van der Waals surface area contributed by atoms with E-state index in [2.05, 4.69) is 0 Å². The van der Waals surface area contributed by atoms with Crippen LogP contribution in [0.2, 0.25) is 0 Å². The molecule has 6 nitrogen and oxygen atoms in total. The normalized spacial score (nSPS) is 15.1. The molecule has 0 N–H and O–H groups in total. The molecular formula is C20H24N2O4S. The standard InChI is InChI=1S/C20H24N2O4S/c1-16-8-9-18(14-19(16)20(23)22-10-12-26-13-11-22)27(24,25)21(2)15-17-6-4-3-5-7-17/h3-9,14H,10-13,15H2,1-2H3. The van der Waals surface area contributed by atoms with E-state index < -0.39 is 10.0 Å². The first kappa shape index (κ1) is 19.5. The number of nitrogens with zero attached hydrogens (tertiary/aromatic N) is 2. The van der Waals surface area contributed by atoms with Crippen LogP contribution in [0.3, 0.4) is 0 Å². The summed E-state index contributed by atoms with van der Waals surface area (Å²) in [5.74, 6) is -0.154. The number of amides is 1. The van der Waals surface area contributed by atoms with Crippen LogP contribution in [0, 0.1) is 6.92 Å². The molecule has 144 valence electrons. The number of rotatable bonds is 5. The van der Waals surface area contributed by atoms with Gasteiger partial charge < -0.3 is 9.64 Å². The van der Waals surface area contributed by atoms with Crippen LogP contribution < -0.4 is 0 Å². The second kappa shape index (κ2) is 8.21. The molecule has 0 saturated carbocycles. The third kappa shape index (κ3) is 4.37. The first-order valence-corrected chi connectivity index (χ1v) is 10.3. The van der Waals surface area contributed by atoms with Crippen molar-refractivity contribution < 1.29 is 17.9 Å². The quantitative estimate of drug-likeness (QED) is 0.788. The van der Waals surface area contributed by atoms with E-state index in [9.17, 15) is 13.2 Å². The highest BCUT2D eigenvalue weighted by Gasteiger charge is 2.25. The van der Waals surface area contributed by atoms with Gasteiger partial charge in [-0.25, -0.2) is 8.42 Å². The van der Waals surface area contributed by atoms with Crippen molar-refractivity contribution in [3.05, 3.63) is 65.2 Å². The fraction of sp³-hybridized carbons (Fsp3) is 0.350. The van der Waals surface area contributed by atoms with Crippen molar-refractivity contribution in [3.8, 4) is 0 Å². The molecular weight excluding hydrogens is 364 g/mol. The van der Waals surface area contributed by atoms with Crippen LogP contribution in [-0.4, -0.2) is 56.9 Å². The van der Waals surface area contributed by atoms with Crippen LogP contribution in [0.5, 0.6) is 0 Å². The van der Waals surface area contributed by atoms with Crippen LogP contribution in [0.4, 0.5) is 0 Å². The molecule has 1 amide bonds. The van der Waals surface area contributed by atoms with E-state index in [0.29, 0.717) is 31.9 Å². The summed E-state index contributed by atoms with van der Waals surface area (Å²) in [5.41, 5.74) is 2.09. The van der Waals surface area contributed by atoms with E-state index in [1.165, 1.54) is 10.4 Å². The van der Waals surface area contributed by atoms with Gasteiger partial charge in [0.15, 0.2) is 0 Å². The maximum Gasteiger partial charge on any atom is 0.254 e. The average molecular weight is 388 g/mol. The van der Waals surface area contributed by atoms with Gasteiger partial charge in [0, 0.05) is 32.2 Å². The molecule has 0 aromatic heterocycles. The molecule has 0 radical (unpaired) electrons. The Kier molecular flexibility index (Phi) is 5.94. The second-order valence-electron chi connectivity index (χ2n) is 6.63. The topological polar surface area (TPSA) is 66.9 Å². The van der Waals surface area contributed by atoms with Crippen LogP contribution in [0.25, 0.3) is 0 Å². The van der Waals surface area contributed by atoms with Gasteiger partial charge in [0.2, 0.25) is 10.0 Å². The zero-order valence-corrected chi connectivity index (χ0v) is 16.4. The van der Waals surface area contributed by atoms with E-state index >= 15 is 0 Å². The molecule has 2 aromatic rings. The van der Waals surface area contributed by atoms with Crippen LogP contribution in [0.15, 0.2) is 53.4 Å². The maximum atomic E-state index is 13.0. The number of aryl methyl sites for hydroxylation is 1. The van der Waals surface area contributed by atoms with E-state index in [1.54, 1.807) is 24.1 Å². The molecule has 0 aliphatic carbocycles. The molecule has 27 heavy (non-hydrogen) atoms. The smallest absolute Gasteiger partial charge is 0.254 e. The lowest BCUT2D eigenvalue weighted by Crippen LogP contribution is -2.41. The Bertz CT molecular complexity index is 907. The molecule has 0 atom stereocenters. The molecule has 1 saturated heterocycles. The summed E-state index contributed by atoms with van der Waals surface area (Å²) in [6.07, 6.45) is 0. The van der Waals surface area contributed by atoms with Crippen molar-refractivity contribution in [1.82, 2.24) is 9.21 Å². The number of carbonyl (C=O) groups excluding carboxylic acids is 1. The summed E-state index contributed by atoms with van der Waals surface area (Å²) in [6.45, 7) is 4.12. The van der Waals surface area contributed by atoms with E-state index in [1.807, 2.05) is 37.3 Å². The van der Waals surface area contributed by atoms with Gasteiger partial charge in [-0.1, -0.05) is 36.4 Å². The van der Waals surface area contributed by atoms with Crippen molar-refractivity contribution in [1.29, 1.82) is 0 Å². The molecule has 7 heteroatoms. The monoisotopic (exact) mass is 388 g/mol. The van der Waals surface area contributed by atoms with Crippen LogP contribution in [-0.2, 0) is 21.3 Å². The predicted molar refractivity (Wildman–Crippen MR) is 103 cm³/mol. The number of ether oxygens (including phenoxy) is 1. The number of hydrogen-bond acceptors (Lipinski definition) is 4. The van der Waals surface area contributed by atoms with Gasteiger partial charge in [-0.2, -0.15) is 4.31 Å². The molecule has 0 unspecified atom stereocenters. The predicted octanol–water partition coefficient (Wildman–Crippen LogP) is 2.29. The maximum absolute atomic E-state index is 13.0. The lowest BCUT2D eigenvalue weighted by atomic mass is 10.1. The SMILES string of the molecule is Cc1ccc(S(=O)(=O)N(C)Cc2ccccc2)cc1C(=O)N1CCOCC1. The third-order valence-corrected chi connectivity index (χ3v) is 6.49. The number of sulfonamides is 1. The van der Waals surface area contributed by atoms with Crippen molar-refractivity contribution in [2.24, 2.45) is 0 Å². The Balaban J connectivity index is 1.86. The van der Waals surface area contributed by atoms with Gasteiger partial charge in [0.05, 0.1) is 18.1 Å². The van der Waals surface area contributed by atoms with Crippen molar-refractivity contribution in [2.75, 3.05) is 33.4 Å². The Morgan fingerprint density at radius 3 is 2.44 bits per heavy atom. The van der Waals surface area contributed by atoms with E-state index in [0.717, 1.165) is 11.1 Å². The summed E-state index contributed by atoms with van der Waals surface area (Å²) >= 11 is 0. The minimum absolute atomic E-state index is 0.128. The Morgan fingerprint density at radius 1 is 1.11 bits per heavy atom. The molecule has 1 aliphatic rings. The van der Waals surface area contributed by atoms with Gasteiger partial charge in [-0.3, -0.25) is 4.79 Å². The molecule has 1 fully saturated rings. The molecule has 1 heterocycles. The number of benzene rings is 2. The fourth-order valence-electron chi connectivity index (χ4n) is 3.03. The summed E-state index contributed by atoms with van der Waals surface area (Å²) in [7, 11) is -2.16. The zero-order chi connectivity index (χ0) is 19.4. The molecule has 3 rings (SSSR count). The van der Waals surface area contributed by atoms with E-state index in [-0.39, 0.29) is 17.3 Å². The largest absolute Gasteiger partial charge is 0.378 e. The van der Waals surface area contributed by atoms with Crippen LogP contribution in [0.1, 0.15) is 21.5 Å². The minimum atomic E-state index is -3.70. The number of carbonyl (C=O) groups is 1. The summed E-state index contributed by atoms with van der Waals surface area (Å²) in [4.78, 5) is 14.7. The molecule has 0 spiro atoms. The van der Waals surface area contributed by atoms with Gasteiger partial charge in [-0.05, 0) is 30.2 Å². The zero-order valence-electron chi connectivity index (χ0n) is 15.6. The fourth-order valence-corrected chi connectivity index (χ4v) is 4.22. The van der Waals surface area contributed by atoms with Crippen molar-refractivity contribution in [2.45, 2.75) is 18.4 Å². The first-order chi connectivity index (χ1) is 12.9. The summed E-state index contributed by atoms with van der Waals surface area (Å²) in [5, 5.41) is 0. The molecule has 2 aromatic carbocycles. The van der Waals surface area contributed by atoms with Crippen LogP contribution >= 0.6 is 0 Å². The molecule has 0 bridgehead atoms. The van der Waals surface area contributed by atoms with Gasteiger partial charge in [0.1, 0.15) is 0 Å². The van der Waals surface area contributed by atoms with E-state index in [4.69, 9.17) is 4.74 Å². The Morgan fingerprint density at radius 2 is 1.78 bits per heavy atom. The Hall–Kier alpha value is -2.22. The molecule has 1 aliphatic heterocycles. The third-order valence-electron chi connectivity index (χ3n) is 4.69. The van der Waals surface area contributed by atoms with Crippen molar-refractivity contribution >= 4 is 15.9 Å². The highest BCUT2D eigenvalue weighted by molar-refractivity contribution is 7.89.